The number of nitrogens with zero attached hydrogens (tertiary/aromatic N) is 2. The van der Waals surface area contributed by atoms with E-state index >= 15 is 0 Å². The molecule has 23 heavy (non-hydrogen) atoms. The highest BCUT2D eigenvalue weighted by Crippen LogP contribution is 2.40. The molecule has 1 fully saturated rings. The molecule has 0 aliphatic carbocycles. The summed E-state index contributed by atoms with van der Waals surface area (Å²) in [7, 11) is 0. The van der Waals surface area contributed by atoms with Crippen molar-refractivity contribution in [1.82, 2.24) is 10.2 Å². The molecule has 2 rings (SSSR count). The molecule has 0 aromatic heterocycles. The normalized spacial score (nSPS) is 16.8. The first-order chi connectivity index (χ1) is 9.80. The molecular weight excluding hydrogens is 362 g/mol. The van der Waals surface area contributed by atoms with Gasteiger partial charge >= 0.3 is 11.9 Å². The molecule has 1 aliphatic rings. The van der Waals surface area contributed by atoms with Crippen LogP contribution in [0.15, 0.2) is 18.2 Å². The van der Waals surface area contributed by atoms with E-state index in [0.717, 1.165) is 18.2 Å². The predicted octanol–water partition coefficient (Wildman–Crippen LogP) is 2.65. The van der Waals surface area contributed by atoms with Crippen LogP contribution >= 0.6 is 24.8 Å². The number of benzene rings is 1. The Hall–Kier alpha value is -1.29. The van der Waals surface area contributed by atoms with Crippen LogP contribution < -0.4 is 5.32 Å². The summed E-state index contributed by atoms with van der Waals surface area (Å²) in [5.74, 6) is -0.648. The van der Waals surface area contributed by atoms with Crippen LogP contribution in [0.3, 0.4) is 0 Å². The van der Waals surface area contributed by atoms with Crippen molar-refractivity contribution in [2.45, 2.75) is 12.2 Å². The number of nitro groups is 1. The Morgan fingerprint density at radius 1 is 1.26 bits per heavy atom. The summed E-state index contributed by atoms with van der Waals surface area (Å²) in [6.07, 6.45) is -4.55. The van der Waals surface area contributed by atoms with E-state index in [1.165, 1.54) is 4.90 Å². The first kappa shape index (κ1) is 21.7. The molecule has 132 valence electrons. The van der Waals surface area contributed by atoms with E-state index in [0.29, 0.717) is 13.1 Å². The average Bonchev–Trinajstić information content (AvgIpc) is 2.40. The number of hydrogen-bond donors (Lipinski definition) is 2. The molecule has 2 N–H and O–H groups in total. The Labute approximate surface area is 142 Å². The number of phenolic OH excluding ortho intramolecular Hbond substituents is 1. The molecule has 1 aromatic carbocycles. The summed E-state index contributed by atoms with van der Waals surface area (Å²) in [6.45, 7) is 1.23. The summed E-state index contributed by atoms with van der Waals surface area (Å²) in [6, 6.07) is 0.866. The molecule has 0 spiro atoms. The lowest BCUT2D eigenvalue weighted by Gasteiger charge is -2.36. The van der Waals surface area contributed by atoms with Crippen molar-refractivity contribution in [3.63, 3.8) is 0 Å². The molecule has 1 aliphatic heterocycles. The molecule has 1 saturated heterocycles. The zero-order valence-corrected chi connectivity index (χ0v) is 13.4. The van der Waals surface area contributed by atoms with Gasteiger partial charge in [-0.05, 0) is 11.6 Å². The number of aromatic hydroxyl groups is 1. The largest absolute Gasteiger partial charge is 0.502 e. The van der Waals surface area contributed by atoms with Gasteiger partial charge in [0.15, 0.2) is 5.75 Å². The van der Waals surface area contributed by atoms with Crippen molar-refractivity contribution in [2.24, 2.45) is 0 Å². The van der Waals surface area contributed by atoms with Crippen LogP contribution in [-0.2, 0) is 0 Å². The van der Waals surface area contributed by atoms with Crippen LogP contribution in [0.4, 0.5) is 18.9 Å². The minimum Gasteiger partial charge on any atom is -0.502 e. The van der Waals surface area contributed by atoms with Crippen LogP contribution in [0.25, 0.3) is 0 Å². The van der Waals surface area contributed by atoms with Crippen LogP contribution in [-0.4, -0.2) is 47.3 Å². The van der Waals surface area contributed by atoms with Gasteiger partial charge in [-0.2, -0.15) is 13.2 Å². The zero-order chi connectivity index (χ0) is 15.6. The van der Waals surface area contributed by atoms with Gasteiger partial charge in [0.25, 0.3) is 0 Å². The Balaban J connectivity index is 0.00000242. The Morgan fingerprint density at radius 3 is 2.30 bits per heavy atom. The van der Waals surface area contributed by atoms with Crippen LogP contribution in [0.1, 0.15) is 11.6 Å². The zero-order valence-electron chi connectivity index (χ0n) is 11.7. The second kappa shape index (κ2) is 8.53. The third-order valence-corrected chi connectivity index (χ3v) is 3.34. The first-order valence-electron chi connectivity index (χ1n) is 6.29. The first-order valence-corrected chi connectivity index (χ1v) is 6.29. The number of nitro benzene ring substituents is 1. The van der Waals surface area contributed by atoms with Gasteiger partial charge in [0.2, 0.25) is 0 Å². The van der Waals surface area contributed by atoms with E-state index < -0.39 is 28.6 Å². The van der Waals surface area contributed by atoms with Gasteiger partial charge < -0.3 is 10.4 Å². The summed E-state index contributed by atoms with van der Waals surface area (Å²) in [4.78, 5) is 11.1. The molecule has 0 bridgehead atoms. The maximum absolute atomic E-state index is 13.3. The van der Waals surface area contributed by atoms with Crippen molar-refractivity contribution in [3.05, 3.63) is 33.9 Å². The monoisotopic (exact) mass is 377 g/mol. The Morgan fingerprint density at radius 2 is 1.83 bits per heavy atom. The SMILES string of the molecule is Cl.Cl.O=[N+]([O-])c1cc([C@H](N2CCNCC2)C(F)(F)F)ccc1O. The molecule has 6 nitrogen and oxygen atoms in total. The molecule has 1 aromatic rings. The van der Waals surface area contributed by atoms with Crippen molar-refractivity contribution >= 4 is 30.5 Å². The molecule has 0 amide bonds. The lowest BCUT2D eigenvalue weighted by atomic mass is 10.0. The second-order valence-corrected chi connectivity index (χ2v) is 4.74. The average molecular weight is 378 g/mol. The minimum absolute atomic E-state index is 0. The molecule has 0 unspecified atom stereocenters. The fourth-order valence-electron chi connectivity index (χ4n) is 2.40. The Bertz CT molecular complexity index is 540. The van der Waals surface area contributed by atoms with Gasteiger partial charge in [-0.1, -0.05) is 6.07 Å². The third kappa shape index (κ3) is 5.10. The molecule has 0 saturated carbocycles. The van der Waals surface area contributed by atoms with E-state index in [4.69, 9.17) is 0 Å². The molecule has 11 heteroatoms. The highest BCUT2D eigenvalue weighted by Gasteiger charge is 2.45. The number of hydrogen-bond acceptors (Lipinski definition) is 5. The molecular formula is C12H16Cl2F3N3O3. The van der Waals surface area contributed by atoms with E-state index in [2.05, 4.69) is 5.32 Å². The number of rotatable bonds is 3. The van der Waals surface area contributed by atoms with E-state index in [1.54, 1.807) is 0 Å². The summed E-state index contributed by atoms with van der Waals surface area (Å²) < 4.78 is 40.0. The van der Waals surface area contributed by atoms with Crippen molar-refractivity contribution < 1.29 is 23.2 Å². The lowest BCUT2D eigenvalue weighted by molar-refractivity contribution is -0.386. The number of halogens is 5. The molecule has 1 heterocycles. The highest BCUT2D eigenvalue weighted by atomic mass is 35.5. The summed E-state index contributed by atoms with van der Waals surface area (Å²) >= 11 is 0. The van der Waals surface area contributed by atoms with E-state index in [9.17, 15) is 28.4 Å². The molecule has 0 radical (unpaired) electrons. The number of phenols is 1. The molecule has 1 atom stereocenters. The fourth-order valence-corrected chi connectivity index (χ4v) is 2.40. The van der Waals surface area contributed by atoms with Gasteiger partial charge in [-0.15, -0.1) is 24.8 Å². The van der Waals surface area contributed by atoms with Crippen molar-refractivity contribution in [1.29, 1.82) is 0 Å². The number of nitrogens with one attached hydrogen (secondary N) is 1. The van der Waals surface area contributed by atoms with Crippen LogP contribution in [0, 0.1) is 10.1 Å². The van der Waals surface area contributed by atoms with Crippen molar-refractivity contribution in [3.8, 4) is 5.75 Å². The maximum atomic E-state index is 13.3. The van der Waals surface area contributed by atoms with Gasteiger partial charge in [-0.3, -0.25) is 15.0 Å². The van der Waals surface area contributed by atoms with Crippen LogP contribution in [0.2, 0.25) is 0 Å². The smallest absolute Gasteiger partial charge is 0.408 e. The summed E-state index contributed by atoms with van der Waals surface area (Å²) in [5, 5.41) is 23.1. The highest BCUT2D eigenvalue weighted by molar-refractivity contribution is 5.85. The van der Waals surface area contributed by atoms with Gasteiger partial charge in [0, 0.05) is 32.2 Å². The van der Waals surface area contributed by atoms with Gasteiger partial charge in [0.1, 0.15) is 6.04 Å². The van der Waals surface area contributed by atoms with Crippen LogP contribution in [0.5, 0.6) is 5.75 Å². The van der Waals surface area contributed by atoms with Gasteiger partial charge in [0.05, 0.1) is 4.92 Å². The number of piperazine rings is 1. The van der Waals surface area contributed by atoms with Gasteiger partial charge in [-0.25, -0.2) is 0 Å². The minimum atomic E-state index is -4.55. The second-order valence-electron chi connectivity index (χ2n) is 4.74. The maximum Gasteiger partial charge on any atom is 0.408 e. The van der Waals surface area contributed by atoms with E-state index in [1.807, 2.05) is 0 Å². The number of alkyl halides is 3. The topological polar surface area (TPSA) is 78.6 Å². The lowest BCUT2D eigenvalue weighted by Crippen LogP contribution is -2.49. The van der Waals surface area contributed by atoms with E-state index in [-0.39, 0.29) is 43.5 Å². The Kier molecular flexibility index (Phi) is 8.05. The standard InChI is InChI=1S/C12H14F3N3O3.2ClH/c13-12(14,15)11(17-5-3-16-4-6-17)8-1-2-10(19)9(7-8)18(20)21;;/h1-2,7,11,16,19H,3-6H2;2*1H/t11-;;/m0../s1. The summed E-state index contributed by atoms with van der Waals surface area (Å²) in [5.41, 5.74) is -0.967. The van der Waals surface area contributed by atoms with Crippen molar-refractivity contribution in [2.75, 3.05) is 26.2 Å². The third-order valence-electron chi connectivity index (χ3n) is 3.34. The predicted molar refractivity (Wildman–Crippen MR) is 82.5 cm³/mol. The fraction of sp³-hybridized carbons (Fsp3) is 0.500. The quantitative estimate of drug-likeness (QED) is 0.625.